The van der Waals surface area contributed by atoms with Gasteiger partial charge in [0.25, 0.3) is 0 Å². The van der Waals surface area contributed by atoms with Gasteiger partial charge in [0.15, 0.2) is 0 Å². The number of benzene rings is 1. The van der Waals surface area contributed by atoms with Crippen LogP contribution in [0.15, 0.2) is 30.7 Å². The van der Waals surface area contributed by atoms with Crippen molar-refractivity contribution in [2.24, 2.45) is 12.5 Å². The molecule has 0 N–H and O–H groups in total. The maximum Gasteiger partial charge on any atom is 0.103 e. The molecular weight excluding hydrogens is 296 g/mol. The van der Waals surface area contributed by atoms with Gasteiger partial charge in [-0.15, -0.1) is 0 Å². The molecule has 112 valence electrons. The highest BCUT2D eigenvalue weighted by molar-refractivity contribution is 6.32. The van der Waals surface area contributed by atoms with Gasteiger partial charge in [-0.25, -0.2) is 4.68 Å². The quantitative estimate of drug-likeness (QED) is 0.720. The van der Waals surface area contributed by atoms with E-state index in [1.807, 2.05) is 30.3 Å². The Morgan fingerprint density at radius 1 is 1.14 bits per heavy atom. The Balaban J connectivity index is 1.68. The molecular formula is C17H17ClN4. The largest absolute Gasteiger partial charge is 0.274 e. The fourth-order valence-corrected chi connectivity index (χ4v) is 5.13. The fraction of sp³-hybridized carbons (Fsp3) is 0.412. The minimum Gasteiger partial charge on any atom is -0.274 e. The van der Waals surface area contributed by atoms with E-state index in [0.29, 0.717) is 10.8 Å². The van der Waals surface area contributed by atoms with Crippen molar-refractivity contribution in [3.8, 4) is 5.69 Å². The number of hydrogen-bond acceptors (Lipinski definition) is 2. The molecule has 3 fully saturated rings. The van der Waals surface area contributed by atoms with Crippen LogP contribution in [0.4, 0.5) is 0 Å². The second-order valence-electron chi connectivity index (χ2n) is 7.44. The molecule has 0 amide bonds. The van der Waals surface area contributed by atoms with E-state index in [1.54, 1.807) is 4.68 Å². The van der Waals surface area contributed by atoms with Crippen molar-refractivity contribution in [2.75, 3.05) is 0 Å². The van der Waals surface area contributed by atoms with Crippen molar-refractivity contribution < 1.29 is 0 Å². The highest BCUT2D eigenvalue weighted by atomic mass is 35.5. The van der Waals surface area contributed by atoms with E-state index in [4.69, 9.17) is 11.6 Å². The summed E-state index contributed by atoms with van der Waals surface area (Å²) in [6.07, 6.45) is 9.50. The van der Waals surface area contributed by atoms with Crippen LogP contribution < -0.4 is 0 Å². The number of hydrogen-bond donors (Lipinski definition) is 0. The van der Waals surface area contributed by atoms with Gasteiger partial charge in [0, 0.05) is 17.5 Å². The van der Waals surface area contributed by atoms with Crippen LogP contribution in [0.2, 0.25) is 5.02 Å². The topological polar surface area (TPSA) is 35.6 Å². The van der Waals surface area contributed by atoms with Crippen molar-refractivity contribution in [2.45, 2.75) is 31.6 Å². The molecule has 0 spiro atoms. The summed E-state index contributed by atoms with van der Waals surface area (Å²) in [5.41, 5.74) is 4.29. The molecule has 2 bridgehead atoms. The number of aryl methyl sites for hydroxylation is 1. The number of aromatic nitrogens is 4. The molecule has 6 rings (SSSR count). The van der Waals surface area contributed by atoms with Crippen LogP contribution in [0, 0.1) is 5.41 Å². The highest BCUT2D eigenvalue weighted by Crippen LogP contribution is 2.74. The van der Waals surface area contributed by atoms with Gasteiger partial charge in [0.05, 0.1) is 24.1 Å². The van der Waals surface area contributed by atoms with Crippen LogP contribution in [-0.4, -0.2) is 19.6 Å². The van der Waals surface area contributed by atoms with Crippen LogP contribution in [0.1, 0.15) is 31.7 Å². The van der Waals surface area contributed by atoms with E-state index < -0.39 is 0 Å². The van der Waals surface area contributed by atoms with Crippen molar-refractivity contribution >= 4 is 22.5 Å². The Morgan fingerprint density at radius 3 is 2.55 bits per heavy atom. The van der Waals surface area contributed by atoms with Crippen molar-refractivity contribution in [1.82, 2.24) is 19.6 Å². The van der Waals surface area contributed by atoms with E-state index in [1.165, 1.54) is 24.8 Å². The fourth-order valence-electron chi connectivity index (χ4n) is 4.76. The highest BCUT2D eigenvalue weighted by Gasteiger charge is 2.65. The Labute approximate surface area is 133 Å². The Morgan fingerprint density at radius 2 is 1.91 bits per heavy atom. The molecule has 3 aromatic rings. The first kappa shape index (κ1) is 12.7. The summed E-state index contributed by atoms with van der Waals surface area (Å²) in [5, 5.41) is 10.7. The normalized spacial score (nSPS) is 29.4. The van der Waals surface area contributed by atoms with E-state index in [9.17, 15) is 0 Å². The third-order valence-corrected chi connectivity index (χ3v) is 5.77. The van der Waals surface area contributed by atoms with Crippen LogP contribution >= 0.6 is 11.6 Å². The van der Waals surface area contributed by atoms with Gasteiger partial charge in [0.2, 0.25) is 0 Å². The first-order chi connectivity index (χ1) is 10.5. The minimum atomic E-state index is 0.323. The summed E-state index contributed by atoms with van der Waals surface area (Å²) in [7, 11) is 1.92. The van der Waals surface area contributed by atoms with E-state index in [-0.39, 0.29) is 0 Å². The smallest absolute Gasteiger partial charge is 0.103 e. The summed E-state index contributed by atoms with van der Waals surface area (Å²) in [6, 6.07) is 4.31. The predicted molar refractivity (Wildman–Crippen MR) is 86.5 cm³/mol. The Hall–Kier alpha value is -1.81. The molecule has 3 aliphatic rings. The number of fused-ring (bicyclic) bond motifs is 1. The molecule has 1 aromatic carbocycles. The molecule has 2 aromatic heterocycles. The second-order valence-corrected chi connectivity index (χ2v) is 7.85. The van der Waals surface area contributed by atoms with Gasteiger partial charge in [0.1, 0.15) is 5.69 Å². The zero-order valence-corrected chi connectivity index (χ0v) is 13.4. The molecule has 0 radical (unpaired) electrons. The lowest BCUT2D eigenvalue weighted by Crippen LogP contribution is -2.62. The number of rotatable bonds is 2. The van der Waals surface area contributed by atoms with Crippen molar-refractivity contribution in [1.29, 1.82) is 0 Å². The molecule has 22 heavy (non-hydrogen) atoms. The van der Waals surface area contributed by atoms with Gasteiger partial charge in [-0.1, -0.05) is 18.5 Å². The number of nitrogens with zero attached hydrogens (tertiary/aromatic N) is 4. The average Bonchev–Trinajstić information content (AvgIpc) is 2.99. The third kappa shape index (κ3) is 1.48. The van der Waals surface area contributed by atoms with Gasteiger partial charge < -0.3 is 0 Å². The molecule has 0 unspecified atom stereocenters. The number of halogens is 1. The first-order valence-electron chi connectivity index (χ1n) is 7.65. The van der Waals surface area contributed by atoms with Gasteiger partial charge >= 0.3 is 0 Å². The van der Waals surface area contributed by atoms with Gasteiger partial charge in [-0.3, -0.25) is 4.68 Å². The van der Waals surface area contributed by atoms with E-state index in [2.05, 4.69) is 29.3 Å². The molecule has 0 saturated heterocycles. The zero-order chi connectivity index (χ0) is 15.1. The zero-order valence-electron chi connectivity index (χ0n) is 12.7. The SMILES string of the molecule is Cn1cc(-n2ncc3cc(Cl)c(C45CC(C)(C4)C5)cc32)cn1. The van der Waals surface area contributed by atoms with Gasteiger partial charge in [-0.2, -0.15) is 10.2 Å². The molecule has 3 aliphatic carbocycles. The van der Waals surface area contributed by atoms with Crippen LogP contribution in [-0.2, 0) is 12.5 Å². The first-order valence-corrected chi connectivity index (χ1v) is 8.03. The average molecular weight is 313 g/mol. The Bertz CT molecular complexity index is 900. The molecule has 0 atom stereocenters. The molecule has 4 nitrogen and oxygen atoms in total. The summed E-state index contributed by atoms with van der Waals surface area (Å²) >= 11 is 6.58. The summed E-state index contributed by atoms with van der Waals surface area (Å²) in [4.78, 5) is 0. The molecule has 2 heterocycles. The minimum absolute atomic E-state index is 0.323. The molecule has 3 saturated carbocycles. The third-order valence-electron chi connectivity index (χ3n) is 5.46. The summed E-state index contributed by atoms with van der Waals surface area (Å²) in [6.45, 7) is 2.38. The summed E-state index contributed by atoms with van der Waals surface area (Å²) < 4.78 is 3.75. The molecule has 0 aliphatic heterocycles. The van der Waals surface area contributed by atoms with E-state index in [0.717, 1.165) is 21.6 Å². The molecule has 5 heteroatoms. The van der Waals surface area contributed by atoms with Crippen LogP contribution in [0.3, 0.4) is 0 Å². The van der Waals surface area contributed by atoms with Crippen molar-refractivity contribution in [3.63, 3.8) is 0 Å². The lowest BCUT2D eigenvalue weighted by atomic mass is 9.34. The van der Waals surface area contributed by atoms with Crippen molar-refractivity contribution in [3.05, 3.63) is 41.3 Å². The standard InChI is InChI=1S/C17H17ClN4/c1-16-8-17(9-16,10-16)13-4-15-11(3-14(13)18)5-20-22(15)12-6-19-21(2)7-12/h3-7H,8-10H2,1-2H3. The maximum atomic E-state index is 6.58. The lowest BCUT2D eigenvalue weighted by molar-refractivity contribution is -0.125. The van der Waals surface area contributed by atoms with Gasteiger partial charge in [-0.05, 0) is 47.8 Å². The Kier molecular flexibility index (Phi) is 2.16. The second kappa shape index (κ2) is 3.74. The predicted octanol–water partition coefficient (Wildman–Crippen LogP) is 3.85. The van der Waals surface area contributed by atoms with Crippen LogP contribution in [0.5, 0.6) is 0 Å². The maximum absolute atomic E-state index is 6.58. The van der Waals surface area contributed by atoms with Crippen LogP contribution in [0.25, 0.3) is 16.6 Å². The lowest BCUT2D eigenvalue weighted by Gasteiger charge is -2.70. The summed E-state index contributed by atoms with van der Waals surface area (Å²) in [5.74, 6) is 0. The monoisotopic (exact) mass is 312 g/mol. The van der Waals surface area contributed by atoms with E-state index >= 15 is 0 Å².